The normalized spacial score (nSPS) is 24.1. The fourth-order valence-corrected chi connectivity index (χ4v) is 4.51. The van der Waals surface area contributed by atoms with Gasteiger partial charge in [-0.05, 0) is 52.4 Å². The minimum Gasteiger partial charge on any atom is -0.341 e. The molecule has 2 saturated heterocycles. The molecule has 0 saturated carbocycles. The molecule has 2 fully saturated rings. The van der Waals surface area contributed by atoms with Gasteiger partial charge in [-0.2, -0.15) is 0 Å². The van der Waals surface area contributed by atoms with E-state index < -0.39 is 5.82 Å². The maximum absolute atomic E-state index is 13.5. The smallest absolute Gasteiger partial charge is 0.255 e. The lowest BCUT2D eigenvalue weighted by molar-refractivity contribution is -0.135. The monoisotopic (exact) mass is 439 g/mol. The molecule has 5 nitrogen and oxygen atoms in total. The molecule has 3 rings (SSSR count). The quantitative estimate of drug-likeness (QED) is 0.726. The zero-order valence-corrected chi connectivity index (χ0v) is 17.5. The van der Waals surface area contributed by atoms with Crippen LogP contribution >= 0.6 is 15.9 Å². The Balaban J connectivity index is 1.52. The molecule has 148 valence electrons. The van der Waals surface area contributed by atoms with Crippen LogP contribution < -0.4 is 0 Å². The van der Waals surface area contributed by atoms with Gasteiger partial charge in [-0.1, -0.05) is 13.8 Å². The highest BCUT2D eigenvalue weighted by molar-refractivity contribution is 9.10. The third-order valence-electron chi connectivity index (χ3n) is 5.40. The highest BCUT2D eigenvalue weighted by atomic mass is 79.9. The fraction of sp³-hybridized carbons (Fsp3) is 0.600. The Kier molecular flexibility index (Phi) is 6.52. The molecule has 7 heteroatoms. The highest BCUT2D eigenvalue weighted by Gasteiger charge is 2.29. The summed E-state index contributed by atoms with van der Waals surface area (Å²) < 4.78 is 14.1. The van der Waals surface area contributed by atoms with Crippen molar-refractivity contribution >= 4 is 27.7 Å². The third kappa shape index (κ3) is 5.08. The summed E-state index contributed by atoms with van der Waals surface area (Å²) in [7, 11) is 0. The van der Waals surface area contributed by atoms with Crippen LogP contribution in [0.2, 0.25) is 0 Å². The van der Waals surface area contributed by atoms with E-state index in [1.807, 2.05) is 4.90 Å². The predicted molar refractivity (Wildman–Crippen MR) is 106 cm³/mol. The van der Waals surface area contributed by atoms with Gasteiger partial charge in [0.25, 0.3) is 5.91 Å². The van der Waals surface area contributed by atoms with Crippen LogP contribution in [0.1, 0.15) is 30.6 Å². The summed E-state index contributed by atoms with van der Waals surface area (Å²) in [5, 5.41) is 0. The van der Waals surface area contributed by atoms with E-state index in [1.165, 1.54) is 18.6 Å². The fourth-order valence-electron chi connectivity index (χ4n) is 4.10. The summed E-state index contributed by atoms with van der Waals surface area (Å²) in [5.41, 5.74) is 0.343. The maximum Gasteiger partial charge on any atom is 0.255 e. The molecule has 27 heavy (non-hydrogen) atoms. The van der Waals surface area contributed by atoms with E-state index in [1.54, 1.807) is 11.0 Å². The number of rotatable bonds is 3. The first-order valence-electron chi connectivity index (χ1n) is 9.58. The summed E-state index contributed by atoms with van der Waals surface area (Å²) in [6.45, 7) is 8.89. The average molecular weight is 440 g/mol. The van der Waals surface area contributed by atoms with Crippen molar-refractivity contribution in [3.8, 4) is 0 Å². The molecule has 2 atom stereocenters. The Labute approximate surface area is 168 Å². The molecule has 0 bridgehead atoms. The standard InChI is InChI=1S/C20H27BrFN3O2/c1-14-9-15(2)12-25(11-14)19(26)13-23-5-7-24(8-6-23)20(27)17-10-16(22)3-4-18(17)21/h3-4,10,14-15H,5-9,11-13H2,1-2H3. The third-order valence-corrected chi connectivity index (χ3v) is 6.09. The molecule has 2 amide bonds. The van der Waals surface area contributed by atoms with E-state index in [-0.39, 0.29) is 11.8 Å². The lowest BCUT2D eigenvalue weighted by Crippen LogP contribution is -2.53. The maximum atomic E-state index is 13.5. The first-order chi connectivity index (χ1) is 12.8. The van der Waals surface area contributed by atoms with E-state index in [0.717, 1.165) is 13.1 Å². The summed E-state index contributed by atoms with van der Waals surface area (Å²) in [4.78, 5) is 31.1. The van der Waals surface area contributed by atoms with Gasteiger partial charge in [0, 0.05) is 43.7 Å². The molecule has 2 aliphatic heterocycles. The zero-order valence-electron chi connectivity index (χ0n) is 16.0. The summed E-state index contributed by atoms with van der Waals surface area (Å²) in [6.07, 6.45) is 1.18. The number of amides is 2. The van der Waals surface area contributed by atoms with Crippen LogP contribution in [0.3, 0.4) is 0 Å². The molecule has 0 spiro atoms. The molecule has 0 radical (unpaired) electrons. The van der Waals surface area contributed by atoms with Gasteiger partial charge in [0.1, 0.15) is 5.82 Å². The Morgan fingerprint density at radius 2 is 1.70 bits per heavy atom. The number of benzene rings is 1. The van der Waals surface area contributed by atoms with Crippen molar-refractivity contribution in [3.63, 3.8) is 0 Å². The van der Waals surface area contributed by atoms with Crippen LogP contribution in [0.4, 0.5) is 4.39 Å². The number of carbonyl (C=O) groups is 2. The molecule has 2 heterocycles. The molecular weight excluding hydrogens is 413 g/mol. The van der Waals surface area contributed by atoms with Gasteiger partial charge < -0.3 is 9.80 Å². The number of piperidine rings is 1. The van der Waals surface area contributed by atoms with Gasteiger partial charge in [-0.15, -0.1) is 0 Å². The second-order valence-electron chi connectivity index (χ2n) is 7.94. The van der Waals surface area contributed by atoms with Gasteiger partial charge in [-0.3, -0.25) is 14.5 Å². The number of piperazine rings is 1. The predicted octanol–water partition coefficient (Wildman–Crippen LogP) is 2.85. The van der Waals surface area contributed by atoms with Crippen molar-refractivity contribution in [2.75, 3.05) is 45.8 Å². The molecule has 1 aromatic rings. The Bertz CT molecular complexity index is 696. The van der Waals surface area contributed by atoms with E-state index in [0.29, 0.717) is 54.6 Å². The van der Waals surface area contributed by atoms with Crippen molar-refractivity contribution in [2.45, 2.75) is 20.3 Å². The van der Waals surface area contributed by atoms with Gasteiger partial charge in [-0.25, -0.2) is 4.39 Å². The Morgan fingerprint density at radius 3 is 2.33 bits per heavy atom. The lowest BCUT2D eigenvalue weighted by Gasteiger charge is -2.38. The SMILES string of the molecule is CC1CC(C)CN(C(=O)CN2CCN(C(=O)c3cc(F)ccc3Br)CC2)C1. The van der Waals surface area contributed by atoms with Gasteiger partial charge in [0.05, 0.1) is 12.1 Å². The van der Waals surface area contributed by atoms with Crippen molar-refractivity contribution in [1.29, 1.82) is 0 Å². The average Bonchev–Trinajstić information content (AvgIpc) is 2.63. The van der Waals surface area contributed by atoms with Crippen molar-refractivity contribution in [3.05, 3.63) is 34.1 Å². The second-order valence-corrected chi connectivity index (χ2v) is 8.79. The van der Waals surface area contributed by atoms with Gasteiger partial charge in [0.2, 0.25) is 5.91 Å². The van der Waals surface area contributed by atoms with Gasteiger partial charge >= 0.3 is 0 Å². The molecule has 0 aliphatic carbocycles. The summed E-state index contributed by atoms with van der Waals surface area (Å²) in [5.74, 6) is 0.691. The minimum absolute atomic E-state index is 0.175. The van der Waals surface area contributed by atoms with E-state index in [9.17, 15) is 14.0 Å². The van der Waals surface area contributed by atoms with Crippen LogP contribution in [0.5, 0.6) is 0 Å². The number of halogens is 2. The molecule has 2 aliphatic rings. The number of hydrogen-bond acceptors (Lipinski definition) is 3. The molecule has 2 unspecified atom stereocenters. The molecule has 1 aromatic carbocycles. The van der Waals surface area contributed by atoms with Crippen molar-refractivity contribution in [1.82, 2.24) is 14.7 Å². The van der Waals surface area contributed by atoms with Crippen molar-refractivity contribution < 1.29 is 14.0 Å². The molecule has 0 N–H and O–H groups in total. The van der Waals surface area contributed by atoms with E-state index in [4.69, 9.17) is 0 Å². The van der Waals surface area contributed by atoms with Crippen LogP contribution in [0, 0.1) is 17.7 Å². The lowest BCUT2D eigenvalue weighted by atomic mass is 9.92. The first-order valence-corrected chi connectivity index (χ1v) is 10.4. The summed E-state index contributed by atoms with van der Waals surface area (Å²) >= 11 is 3.32. The number of hydrogen-bond donors (Lipinski definition) is 0. The van der Waals surface area contributed by atoms with E-state index in [2.05, 4.69) is 34.7 Å². The minimum atomic E-state index is -0.421. The largest absolute Gasteiger partial charge is 0.341 e. The first kappa shape index (κ1) is 20.3. The van der Waals surface area contributed by atoms with Crippen LogP contribution in [-0.4, -0.2) is 72.3 Å². The number of carbonyl (C=O) groups excluding carboxylic acids is 2. The van der Waals surface area contributed by atoms with Crippen LogP contribution in [0.15, 0.2) is 22.7 Å². The number of nitrogens with zero attached hydrogens (tertiary/aromatic N) is 3. The highest BCUT2D eigenvalue weighted by Crippen LogP contribution is 2.22. The van der Waals surface area contributed by atoms with Crippen LogP contribution in [-0.2, 0) is 4.79 Å². The van der Waals surface area contributed by atoms with Crippen molar-refractivity contribution in [2.24, 2.45) is 11.8 Å². The van der Waals surface area contributed by atoms with E-state index >= 15 is 0 Å². The van der Waals surface area contributed by atoms with Crippen LogP contribution in [0.25, 0.3) is 0 Å². The molecular formula is C20H27BrFN3O2. The zero-order chi connectivity index (χ0) is 19.6. The summed E-state index contributed by atoms with van der Waals surface area (Å²) in [6, 6.07) is 4.14. The van der Waals surface area contributed by atoms with Gasteiger partial charge in [0.15, 0.2) is 0 Å². The topological polar surface area (TPSA) is 43.9 Å². The Morgan fingerprint density at radius 1 is 1.07 bits per heavy atom. The second kappa shape index (κ2) is 8.69. The Hall–Kier alpha value is -1.47. The number of likely N-dealkylation sites (tertiary alicyclic amines) is 1. The molecule has 0 aromatic heterocycles.